The zero-order valence-corrected chi connectivity index (χ0v) is 23.6. The molecule has 0 N–H and O–H groups in total. The number of hydrogen-bond acceptors (Lipinski definition) is 0. The van der Waals surface area contributed by atoms with Crippen LogP contribution in [0.1, 0.15) is 94.4 Å². The van der Waals surface area contributed by atoms with Gasteiger partial charge in [0.05, 0.1) is 0 Å². The molecule has 0 aliphatic rings. The lowest BCUT2D eigenvalue weighted by atomic mass is 9.83. The largest absolute Gasteiger partial charge is 0.207 e. The average molecular weight is 475 g/mol. The Labute approximate surface area is 210 Å². The van der Waals surface area contributed by atoms with Crippen LogP contribution in [-0.4, -0.2) is 0 Å². The van der Waals surface area contributed by atoms with Gasteiger partial charge in [0.1, 0.15) is 11.7 Å². The second-order valence-corrected chi connectivity index (χ2v) is 11.2. The first-order valence-electron chi connectivity index (χ1n) is 13.1. The molecular formula is C32H52F2. The van der Waals surface area contributed by atoms with Gasteiger partial charge in [-0.2, -0.15) is 0 Å². The van der Waals surface area contributed by atoms with Gasteiger partial charge in [-0.3, -0.25) is 0 Å². The first-order valence-corrected chi connectivity index (χ1v) is 13.1. The second kappa shape index (κ2) is 16.1. The number of allylic oxidation sites excluding steroid dienone is 9. The lowest BCUT2D eigenvalue weighted by Gasteiger charge is -2.22. The molecule has 0 aromatic heterocycles. The van der Waals surface area contributed by atoms with E-state index in [1.807, 2.05) is 19.9 Å². The Morgan fingerprint density at radius 2 is 1.26 bits per heavy atom. The molecule has 0 aromatic carbocycles. The topological polar surface area (TPSA) is 0 Å². The highest BCUT2D eigenvalue weighted by Gasteiger charge is 2.16. The predicted molar refractivity (Wildman–Crippen MR) is 149 cm³/mol. The first kappa shape index (κ1) is 32.3. The maximum absolute atomic E-state index is 14.9. The highest BCUT2D eigenvalue weighted by Crippen LogP contribution is 2.29. The van der Waals surface area contributed by atoms with Crippen molar-refractivity contribution in [1.29, 1.82) is 0 Å². The molecule has 0 fully saturated rings. The van der Waals surface area contributed by atoms with Gasteiger partial charge >= 0.3 is 0 Å². The van der Waals surface area contributed by atoms with Gasteiger partial charge in [0.25, 0.3) is 0 Å². The molecule has 2 heteroatoms. The molecule has 34 heavy (non-hydrogen) atoms. The highest BCUT2D eigenvalue weighted by molar-refractivity contribution is 5.43. The fourth-order valence-electron chi connectivity index (χ4n) is 3.68. The summed E-state index contributed by atoms with van der Waals surface area (Å²) >= 11 is 0. The Bertz CT molecular complexity index is 762. The molecule has 0 heterocycles. The third kappa shape index (κ3) is 12.7. The van der Waals surface area contributed by atoms with Crippen molar-refractivity contribution in [3.05, 3.63) is 71.9 Å². The van der Waals surface area contributed by atoms with Crippen LogP contribution >= 0.6 is 0 Å². The molecule has 0 aliphatic carbocycles. The zero-order valence-electron chi connectivity index (χ0n) is 23.6. The van der Waals surface area contributed by atoms with E-state index >= 15 is 0 Å². The van der Waals surface area contributed by atoms with Crippen LogP contribution in [0.25, 0.3) is 0 Å². The van der Waals surface area contributed by atoms with Gasteiger partial charge in [-0.05, 0) is 97.5 Å². The van der Waals surface area contributed by atoms with Crippen molar-refractivity contribution in [2.45, 2.75) is 94.4 Å². The van der Waals surface area contributed by atoms with E-state index in [-0.39, 0.29) is 29.4 Å². The van der Waals surface area contributed by atoms with Gasteiger partial charge in [-0.1, -0.05) is 87.1 Å². The van der Waals surface area contributed by atoms with Crippen LogP contribution in [-0.2, 0) is 0 Å². The molecule has 0 amide bonds. The maximum Gasteiger partial charge on any atom is 0.130 e. The Balaban J connectivity index is 4.86. The van der Waals surface area contributed by atoms with Crippen LogP contribution in [0.15, 0.2) is 71.9 Å². The molecule has 0 nitrogen and oxygen atoms in total. The number of hydrogen-bond donors (Lipinski definition) is 0. The van der Waals surface area contributed by atoms with E-state index in [0.29, 0.717) is 23.0 Å². The molecule has 0 radical (unpaired) electrons. The number of rotatable bonds is 16. The minimum atomic E-state index is -0.321. The quantitative estimate of drug-likeness (QED) is 0.195. The van der Waals surface area contributed by atoms with E-state index < -0.39 is 0 Å². The smallest absolute Gasteiger partial charge is 0.130 e. The highest BCUT2D eigenvalue weighted by atomic mass is 19.1. The van der Waals surface area contributed by atoms with Crippen molar-refractivity contribution in [3.8, 4) is 0 Å². The van der Waals surface area contributed by atoms with Gasteiger partial charge in [-0.25, -0.2) is 8.78 Å². The number of halogens is 2. The molecule has 5 atom stereocenters. The molecular weight excluding hydrogens is 422 g/mol. The molecule has 0 rings (SSSR count). The van der Waals surface area contributed by atoms with Crippen molar-refractivity contribution in [1.82, 2.24) is 0 Å². The van der Waals surface area contributed by atoms with Gasteiger partial charge in [0, 0.05) is 5.57 Å². The molecule has 0 bridgehead atoms. The molecule has 194 valence electrons. The normalized spacial score (nSPS) is 17.8. The van der Waals surface area contributed by atoms with E-state index in [4.69, 9.17) is 0 Å². The first-order chi connectivity index (χ1) is 15.7. The minimum absolute atomic E-state index is 0.0607. The van der Waals surface area contributed by atoms with Crippen molar-refractivity contribution in [2.24, 2.45) is 35.5 Å². The van der Waals surface area contributed by atoms with E-state index in [0.717, 1.165) is 36.3 Å². The fraction of sp³-hybridized carbons (Fsp3) is 0.625. The van der Waals surface area contributed by atoms with Crippen LogP contribution in [0.5, 0.6) is 0 Å². The van der Waals surface area contributed by atoms with Crippen molar-refractivity contribution >= 4 is 0 Å². The molecule has 0 spiro atoms. The summed E-state index contributed by atoms with van der Waals surface area (Å²) in [4.78, 5) is 0. The standard InChI is InChI=1S/C32H52F2/c1-21(2)13-14-23(5)24(6)15-16-25(7)29(11)20-32(34)30(12)27(9)18-17-26(8)28(10)19-31(33)22(3)4/h18-21,23-26,28H,3,11-17H2,1-2,4-10H3/b27-18+,31-19+,32-20+. The van der Waals surface area contributed by atoms with Crippen molar-refractivity contribution in [2.75, 3.05) is 0 Å². The average Bonchev–Trinajstić information content (AvgIpc) is 2.77. The lowest BCUT2D eigenvalue weighted by Crippen LogP contribution is -2.11. The SMILES string of the molecule is C=C(C)/C(F)=C\C(C)C(C)C/C=C(\C)C(=C)/C(F)=C\C(=C)C(C)CCC(C)C(C)CCC(C)C. The molecule has 0 aliphatic heterocycles. The fourth-order valence-corrected chi connectivity index (χ4v) is 3.68. The summed E-state index contributed by atoms with van der Waals surface area (Å²) in [5, 5.41) is 0. The summed E-state index contributed by atoms with van der Waals surface area (Å²) in [6.07, 6.45) is 10.6. The molecule has 0 saturated carbocycles. The predicted octanol–water partition coefficient (Wildman–Crippen LogP) is 11.1. The Morgan fingerprint density at radius 1 is 0.735 bits per heavy atom. The van der Waals surface area contributed by atoms with Crippen LogP contribution in [0.4, 0.5) is 8.78 Å². The van der Waals surface area contributed by atoms with Gasteiger partial charge in [0.15, 0.2) is 0 Å². The monoisotopic (exact) mass is 474 g/mol. The summed E-state index contributed by atoms with van der Waals surface area (Å²) < 4.78 is 28.7. The summed E-state index contributed by atoms with van der Waals surface area (Å²) in [6.45, 7) is 30.7. The third-order valence-corrected chi connectivity index (χ3v) is 7.45. The lowest BCUT2D eigenvalue weighted by molar-refractivity contribution is 0.306. The van der Waals surface area contributed by atoms with Crippen LogP contribution in [0, 0.1) is 35.5 Å². The Kier molecular flexibility index (Phi) is 15.3. The molecule has 0 aromatic rings. The minimum Gasteiger partial charge on any atom is -0.207 e. The van der Waals surface area contributed by atoms with E-state index in [1.165, 1.54) is 12.8 Å². The Morgan fingerprint density at radius 3 is 1.76 bits per heavy atom. The summed E-state index contributed by atoms with van der Waals surface area (Å²) in [5.41, 5.74) is 2.46. The van der Waals surface area contributed by atoms with Crippen LogP contribution in [0.2, 0.25) is 0 Å². The maximum atomic E-state index is 14.9. The van der Waals surface area contributed by atoms with Crippen molar-refractivity contribution < 1.29 is 8.78 Å². The Hall–Kier alpha value is -1.70. The van der Waals surface area contributed by atoms with E-state index in [1.54, 1.807) is 19.1 Å². The summed E-state index contributed by atoms with van der Waals surface area (Å²) in [6, 6.07) is 0. The molecule has 5 unspecified atom stereocenters. The van der Waals surface area contributed by atoms with Gasteiger partial charge in [0.2, 0.25) is 0 Å². The van der Waals surface area contributed by atoms with E-state index in [2.05, 4.69) is 61.3 Å². The van der Waals surface area contributed by atoms with Crippen LogP contribution < -0.4 is 0 Å². The van der Waals surface area contributed by atoms with Gasteiger partial charge in [-0.15, -0.1) is 0 Å². The third-order valence-electron chi connectivity index (χ3n) is 7.45. The van der Waals surface area contributed by atoms with Crippen molar-refractivity contribution in [3.63, 3.8) is 0 Å². The summed E-state index contributed by atoms with van der Waals surface area (Å²) in [7, 11) is 0. The molecule has 0 saturated heterocycles. The van der Waals surface area contributed by atoms with E-state index in [9.17, 15) is 8.78 Å². The van der Waals surface area contributed by atoms with Crippen LogP contribution in [0.3, 0.4) is 0 Å². The second-order valence-electron chi connectivity index (χ2n) is 11.2. The zero-order chi connectivity index (χ0) is 26.6. The van der Waals surface area contributed by atoms with Gasteiger partial charge < -0.3 is 0 Å². The summed E-state index contributed by atoms with van der Waals surface area (Å²) in [5.74, 6) is 2.05.